The van der Waals surface area contributed by atoms with Crippen LogP contribution in [0.1, 0.15) is 17.3 Å². The van der Waals surface area contributed by atoms with Gasteiger partial charge in [0, 0.05) is 16.5 Å². The lowest BCUT2D eigenvalue weighted by atomic mass is 10.2. The lowest BCUT2D eigenvalue weighted by Crippen LogP contribution is -2.12. The van der Waals surface area contributed by atoms with Gasteiger partial charge in [-0.25, -0.2) is 22.2 Å². The maximum absolute atomic E-state index is 13.3. The SMILES string of the molecule is CCS(=O)(=O)c1ccc(C(=O)Nc2nc(-c3ccc(F)c(F)c3)cs2)cc1. The van der Waals surface area contributed by atoms with E-state index in [1.807, 2.05) is 0 Å². The van der Waals surface area contributed by atoms with E-state index in [1.165, 1.54) is 30.3 Å². The quantitative estimate of drug-likeness (QED) is 0.689. The van der Waals surface area contributed by atoms with Crippen LogP contribution < -0.4 is 5.32 Å². The second-order valence-corrected chi connectivity index (χ2v) is 8.69. The van der Waals surface area contributed by atoms with Gasteiger partial charge in [-0.15, -0.1) is 11.3 Å². The number of rotatable bonds is 5. The number of anilines is 1. The molecule has 0 atom stereocenters. The Morgan fingerprint density at radius 1 is 1.11 bits per heavy atom. The molecule has 0 aliphatic heterocycles. The molecule has 0 radical (unpaired) electrons. The highest BCUT2D eigenvalue weighted by Crippen LogP contribution is 2.26. The summed E-state index contributed by atoms with van der Waals surface area (Å²) in [7, 11) is -3.33. The van der Waals surface area contributed by atoms with Crippen molar-refractivity contribution in [3.05, 3.63) is 65.0 Å². The van der Waals surface area contributed by atoms with Crippen molar-refractivity contribution >= 4 is 32.2 Å². The van der Waals surface area contributed by atoms with Gasteiger partial charge >= 0.3 is 0 Å². The van der Waals surface area contributed by atoms with Gasteiger partial charge in [-0.05, 0) is 42.5 Å². The van der Waals surface area contributed by atoms with E-state index in [2.05, 4.69) is 10.3 Å². The van der Waals surface area contributed by atoms with Crippen LogP contribution in [0.3, 0.4) is 0 Å². The van der Waals surface area contributed by atoms with Crippen LogP contribution in [0.25, 0.3) is 11.3 Å². The van der Waals surface area contributed by atoms with Gasteiger partial charge in [0.05, 0.1) is 16.3 Å². The number of sulfone groups is 1. The van der Waals surface area contributed by atoms with Crippen LogP contribution in [0.5, 0.6) is 0 Å². The van der Waals surface area contributed by atoms with Crippen molar-refractivity contribution in [3.8, 4) is 11.3 Å². The van der Waals surface area contributed by atoms with Gasteiger partial charge in [-0.1, -0.05) is 6.92 Å². The minimum Gasteiger partial charge on any atom is -0.298 e. The van der Waals surface area contributed by atoms with Crippen molar-refractivity contribution in [1.29, 1.82) is 0 Å². The fraction of sp³-hybridized carbons (Fsp3) is 0.111. The predicted molar refractivity (Wildman–Crippen MR) is 99.6 cm³/mol. The van der Waals surface area contributed by atoms with Crippen LogP contribution in [0.4, 0.5) is 13.9 Å². The number of hydrogen-bond acceptors (Lipinski definition) is 5. The average Bonchev–Trinajstić information content (AvgIpc) is 3.12. The van der Waals surface area contributed by atoms with Gasteiger partial charge in [0.1, 0.15) is 0 Å². The van der Waals surface area contributed by atoms with Gasteiger partial charge in [-0.2, -0.15) is 0 Å². The van der Waals surface area contributed by atoms with Crippen LogP contribution >= 0.6 is 11.3 Å². The molecule has 1 amide bonds. The summed E-state index contributed by atoms with van der Waals surface area (Å²) in [6, 6.07) is 9.02. The number of aromatic nitrogens is 1. The summed E-state index contributed by atoms with van der Waals surface area (Å²) in [5.74, 6) is -2.41. The molecule has 3 aromatic rings. The molecule has 3 rings (SSSR count). The number of nitrogens with zero attached hydrogens (tertiary/aromatic N) is 1. The molecule has 0 bridgehead atoms. The van der Waals surface area contributed by atoms with Crippen molar-refractivity contribution < 1.29 is 22.0 Å². The van der Waals surface area contributed by atoms with Crippen molar-refractivity contribution in [3.63, 3.8) is 0 Å². The molecular weight excluding hydrogens is 394 g/mol. The first-order chi connectivity index (χ1) is 12.8. The van der Waals surface area contributed by atoms with Crippen molar-refractivity contribution in [2.45, 2.75) is 11.8 Å². The molecule has 1 N–H and O–H groups in total. The first-order valence-corrected chi connectivity index (χ1v) is 10.4. The Hall–Kier alpha value is -2.65. The smallest absolute Gasteiger partial charge is 0.257 e. The van der Waals surface area contributed by atoms with E-state index in [0.29, 0.717) is 11.3 Å². The van der Waals surface area contributed by atoms with E-state index in [1.54, 1.807) is 12.3 Å². The summed E-state index contributed by atoms with van der Waals surface area (Å²) in [5.41, 5.74) is 1.06. The summed E-state index contributed by atoms with van der Waals surface area (Å²) < 4.78 is 49.9. The minimum atomic E-state index is -3.33. The zero-order chi connectivity index (χ0) is 19.6. The molecular formula is C18H14F2N2O3S2. The van der Waals surface area contributed by atoms with Crippen molar-refractivity contribution in [2.75, 3.05) is 11.1 Å². The van der Waals surface area contributed by atoms with Crippen LogP contribution in [0, 0.1) is 11.6 Å². The van der Waals surface area contributed by atoms with Crippen molar-refractivity contribution in [2.24, 2.45) is 0 Å². The normalized spacial score (nSPS) is 11.4. The molecule has 0 spiro atoms. The maximum Gasteiger partial charge on any atom is 0.257 e. The Morgan fingerprint density at radius 3 is 2.44 bits per heavy atom. The lowest BCUT2D eigenvalue weighted by molar-refractivity contribution is 0.102. The van der Waals surface area contributed by atoms with Gasteiger partial charge in [0.15, 0.2) is 26.6 Å². The second-order valence-electron chi connectivity index (χ2n) is 5.55. The van der Waals surface area contributed by atoms with Crippen LogP contribution in [0.2, 0.25) is 0 Å². The van der Waals surface area contributed by atoms with E-state index in [-0.39, 0.29) is 21.3 Å². The summed E-state index contributed by atoms with van der Waals surface area (Å²) in [5, 5.41) is 4.49. The van der Waals surface area contributed by atoms with Gasteiger partial charge < -0.3 is 0 Å². The minimum absolute atomic E-state index is 0.0234. The standard InChI is InChI=1S/C18H14F2N2O3S2/c1-2-27(24,25)13-6-3-11(4-7-13)17(23)22-18-21-16(10-26-18)12-5-8-14(19)15(20)9-12/h3-10H,2H2,1H3,(H,21,22,23). The van der Waals surface area contributed by atoms with E-state index in [4.69, 9.17) is 0 Å². The molecule has 0 aliphatic carbocycles. The molecule has 0 saturated carbocycles. The second kappa shape index (κ2) is 7.53. The number of halogens is 2. The number of nitrogens with one attached hydrogen (secondary N) is 1. The first kappa shape index (κ1) is 19.1. The summed E-state index contributed by atoms with van der Waals surface area (Å²) in [6.45, 7) is 1.54. The zero-order valence-electron chi connectivity index (χ0n) is 14.1. The summed E-state index contributed by atoms with van der Waals surface area (Å²) in [6.07, 6.45) is 0. The Morgan fingerprint density at radius 2 is 1.81 bits per heavy atom. The average molecular weight is 408 g/mol. The molecule has 2 aromatic carbocycles. The number of amides is 1. The van der Waals surface area contributed by atoms with Crippen LogP contribution in [-0.2, 0) is 9.84 Å². The highest BCUT2D eigenvalue weighted by molar-refractivity contribution is 7.91. The summed E-state index contributed by atoms with van der Waals surface area (Å²) >= 11 is 1.13. The molecule has 0 aliphatic rings. The molecule has 1 aromatic heterocycles. The fourth-order valence-electron chi connectivity index (χ4n) is 2.27. The Kier molecular flexibility index (Phi) is 5.33. The third-order valence-electron chi connectivity index (χ3n) is 3.80. The largest absolute Gasteiger partial charge is 0.298 e. The monoisotopic (exact) mass is 408 g/mol. The Labute approximate surface area is 158 Å². The Bertz CT molecular complexity index is 1090. The third kappa shape index (κ3) is 4.20. The fourth-order valence-corrected chi connectivity index (χ4v) is 3.87. The van der Waals surface area contributed by atoms with E-state index in [9.17, 15) is 22.0 Å². The highest BCUT2D eigenvalue weighted by atomic mass is 32.2. The number of thiazole rings is 1. The maximum atomic E-state index is 13.3. The first-order valence-electron chi connectivity index (χ1n) is 7.85. The van der Waals surface area contributed by atoms with E-state index in [0.717, 1.165) is 23.5 Å². The molecule has 140 valence electrons. The number of benzene rings is 2. The van der Waals surface area contributed by atoms with Gasteiger partial charge in [0.25, 0.3) is 5.91 Å². The third-order valence-corrected chi connectivity index (χ3v) is 6.30. The Balaban J connectivity index is 1.75. The summed E-state index contributed by atoms with van der Waals surface area (Å²) in [4.78, 5) is 16.6. The molecule has 0 fully saturated rings. The number of carbonyl (C=O) groups excluding carboxylic acids is 1. The number of hydrogen-bond donors (Lipinski definition) is 1. The van der Waals surface area contributed by atoms with Gasteiger partial charge in [-0.3, -0.25) is 10.1 Å². The number of carbonyl (C=O) groups is 1. The topological polar surface area (TPSA) is 76.1 Å². The van der Waals surface area contributed by atoms with Gasteiger partial charge in [0.2, 0.25) is 0 Å². The lowest BCUT2D eigenvalue weighted by Gasteiger charge is -2.04. The van der Waals surface area contributed by atoms with E-state index < -0.39 is 27.4 Å². The zero-order valence-corrected chi connectivity index (χ0v) is 15.7. The van der Waals surface area contributed by atoms with Crippen molar-refractivity contribution in [1.82, 2.24) is 4.98 Å². The molecule has 0 saturated heterocycles. The molecule has 1 heterocycles. The van der Waals surface area contributed by atoms with Crippen LogP contribution in [-0.4, -0.2) is 25.1 Å². The van der Waals surface area contributed by atoms with E-state index >= 15 is 0 Å². The predicted octanol–water partition coefficient (Wildman–Crippen LogP) is 4.13. The molecule has 0 unspecified atom stereocenters. The molecule has 5 nitrogen and oxygen atoms in total. The molecule has 9 heteroatoms. The molecule has 27 heavy (non-hydrogen) atoms. The highest BCUT2D eigenvalue weighted by Gasteiger charge is 2.14. The van der Waals surface area contributed by atoms with Crippen LogP contribution in [0.15, 0.2) is 52.7 Å².